The van der Waals surface area contributed by atoms with E-state index in [0.29, 0.717) is 0 Å². The van der Waals surface area contributed by atoms with Gasteiger partial charge >= 0.3 is 0 Å². The predicted octanol–water partition coefficient (Wildman–Crippen LogP) is -0.0961. The second-order valence-electron chi connectivity index (χ2n) is 0.529. The molecule has 0 saturated heterocycles. The molecule has 0 heterocycles. The minimum absolute atomic E-state index is 0. The Kier molecular flexibility index (Phi) is 12.5. The van der Waals surface area contributed by atoms with Gasteiger partial charge in [-0.1, -0.05) is 10.3 Å². The summed E-state index contributed by atoms with van der Waals surface area (Å²) in [6.45, 7) is 0. The van der Waals surface area contributed by atoms with Gasteiger partial charge < -0.3 is 10.4 Å². The van der Waals surface area contributed by atoms with Crippen molar-refractivity contribution < 1.29 is 27.2 Å². The Bertz CT molecular complexity index is 62.1. The molecule has 4 nitrogen and oxygen atoms in total. The Morgan fingerprint density at radius 1 is 1.00 bits per heavy atom. The summed E-state index contributed by atoms with van der Waals surface area (Å²) in [6.07, 6.45) is 1.89. The SMILES string of the molecule is O/N=C/C=N/O.[Co]. The summed E-state index contributed by atoms with van der Waals surface area (Å²) in [4.78, 5) is 0. The fourth-order valence-electron chi connectivity index (χ4n) is 0.0596. The third-order valence-corrected chi connectivity index (χ3v) is 0.200. The minimum atomic E-state index is 0. The number of hydrogen-bond donors (Lipinski definition) is 2. The van der Waals surface area contributed by atoms with Gasteiger partial charge in [-0.2, -0.15) is 0 Å². The van der Waals surface area contributed by atoms with Gasteiger partial charge in [-0.05, 0) is 0 Å². The van der Waals surface area contributed by atoms with Crippen LogP contribution in [0, 0.1) is 0 Å². The fourth-order valence-corrected chi connectivity index (χ4v) is 0.0596. The first-order valence-corrected chi connectivity index (χ1v) is 1.25. The quantitative estimate of drug-likeness (QED) is 0.309. The molecule has 0 rings (SSSR count). The minimum Gasteiger partial charge on any atom is -0.411 e. The Balaban J connectivity index is 0. The Morgan fingerprint density at radius 2 is 1.29 bits per heavy atom. The van der Waals surface area contributed by atoms with E-state index in [-0.39, 0.29) is 16.8 Å². The molecule has 0 saturated carbocycles. The summed E-state index contributed by atoms with van der Waals surface area (Å²) in [5.41, 5.74) is 0. The van der Waals surface area contributed by atoms with Crippen molar-refractivity contribution in [2.45, 2.75) is 0 Å². The zero-order valence-corrected chi connectivity index (χ0v) is 4.32. The van der Waals surface area contributed by atoms with E-state index in [9.17, 15) is 0 Å². The fraction of sp³-hybridized carbons (Fsp3) is 0. The molecule has 0 aliphatic rings. The van der Waals surface area contributed by atoms with Crippen LogP contribution in [0.25, 0.3) is 0 Å². The van der Waals surface area contributed by atoms with Crippen molar-refractivity contribution in [3.8, 4) is 0 Å². The summed E-state index contributed by atoms with van der Waals surface area (Å²) >= 11 is 0. The van der Waals surface area contributed by atoms with Gasteiger partial charge in [0.15, 0.2) is 0 Å². The molecular formula is C2H4CoN2O2. The summed E-state index contributed by atoms with van der Waals surface area (Å²) in [6, 6.07) is 0. The van der Waals surface area contributed by atoms with Gasteiger partial charge in [0.1, 0.15) is 0 Å². The number of hydrogen-bond acceptors (Lipinski definition) is 4. The summed E-state index contributed by atoms with van der Waals surface area (Å²) < 4.78 is 0. The third-order valence-electron chi connectivity index (χ3n) is 0.200. The second-order valence-corrected chi connectivity index (χ2v) is 0.529. The molecular weight excluding hydrogens is 143 g/mol. The molecule has 0 aromatic rings. The Labute approximate surface area is 50.7 Å². The second kappa shape index (κ2) is 9.07. The first-order chi connectivity index (χ1) is 2.91. The molecule has 0 bridgehead atoms. The Morgan fingerprint density at radius 3 is 1.43 bits per heavy atom. The van der Waals surface area contributed by atoms with Crippen LogP contribution in [0.1, 0.15) is 0 Å². The third kappa shape index (κ3) is 10.8. The molecule has 0 amide bonds. The van der Waals surface area contributed by atoms with E-state index < -0.39 is 0 Å². The normalized spacial score (nSPS) is 9.71. The summed E-state index contributed by atoms with van der Waals surface area (Å²) in [5, 5.41) is 20.1. The average molecular weight is 147 g/mol. The van der Waals surface area contributed by atoms with Crippen LogP contribution in [-0.4, -0.2) is 22.8 Å². The van der Waals surface area contributed by atoms with Crippen molar-refractivity contribution in [3.05, 3.63) is 0 Å². The maximum absolute atomic E-state index is 7.56. The molecule has 0 spiro atoms. The molecule has 0 aliphatic carbocycles. The largest absolute Gasteiger partial charge is 0.411 e. The van der Waals surface area contributed by atoms with Crippen LogP contribution in [0.15, 0.2) is 10.3 Å². The molecule has 5 heteroatoms. The van der Waals surface area contributed by atoms with Gasteiger partial charge in [0, 0.05) is 16.8 Å². The van der Waals surface area contributed by atoms with Crippen LogP contribution in [0.3, 0.4) is 0 Å². The van der Waals surface area contributed by atoms with Crippen molar-refractivity contribution in [2.75, 3.05) is 0 Å². The number of rotatable bonds is 1. The molecule has 0 fully saturated rings. The molecule has 0 aromatic carbocycles. The molecule has 1 radical (unpaired) electrons. The molecule has 0 atom stereocenters. The first-order valence-electron chi connectivity index (χ1n) is 1.25. The smallest absolute Gasteiger partial charge is 0.0877 e. The zero-order chi connectivity index (χ0) is 4.83. The van der Waals surface area contributed by atoms with Crippen LogP contribution < -0.4 is 0 Å². The van der Waals surface area contributed by atoms with Crippen LogP contribution in [0.4, 0.5) is 0 Å². The monoisotopic (exact) mass is 147 g/mol. The van der Waals surface area contributed by atoms with E-state index >= 15 is 0 Å². The average Bonchev–Trinajstić information content (AvgIpc) is 1.61. The predicted molar refractivity (Wildman–Crippen MR) is 20.6 cm³/mol. The van der Waals surface area contributed by atoms with Gasteiger partial charge in [0.05, 0.1) is 12.4 Å². The molecule has 2 N–H and O–H groups in total. The van der Waals surface area contributed by atoms with Crippen LogP contribution in [0.5, 0.6) is 0 Å². The van der Waals surface area contributed by atoms with Gasteiger partial charge in [0.25, 0.3) is 0 Å². The molecule has 7 heavy (non-hydrogen) atoms. The van der Waals surface area contributed by atoms with E-state index in [1.807, 2.05) is 0 Å². The van der Waals surface area contributed by atoms with E-state index in [0.717, 1.165) is 12.4 Å². The number of oxime groups is 2. The zero-order valence-electron chi connectivity index (χ0n) is 3.28. The van der Waals surface area contributed by atoms with Crippen molar-refractivity contribution in [3.63, 3.8) is 0 Å². The van der Waals surface area contributed by atoms with Crippen molar-refractivity contribution >= 4 is 12.4 Å². The first kappa shape index (κ1) is 9.67. The van der Waals surface area contributed by atoms with E-state index in [2.05, 4.69) is 10.3 Å². The molecule has 0 aliphatic heterocycles. The topological polar surface area (TPSA) is 65.2 Å². The maximum atomic E-state index is 7.56. The van der Waals surface area contributed by atoms with Gasteiger partial charge in [-0.15, -0.1) is 0 Å². The van der Waals surface area contributed by atoms with Crippen molar-refractivity contribution in [1.29, 1.82) is 0 Å². The van der Waals surface area contributed by atoms with E-state index in [4.69, 9.17) is 10.4 Å². The van der Waals surface area contributed by atoms with Crippen molar-refractivity contribution in [1.82, 2.24) is 0 Å². The van der Waals surface area contributed by atoms with E-state index in [1.54, 1.807) is 0 Å². The maximum Gasteiger partial charge on any atom is 0.0877 e. The summed E-state index contributed by atoms with van der Waals surface area (Å²) in [5.74, 6) is 0. The van der Waals surface area contributed by atoms with Crippen LogP contribution >= 0.6 is 0 Å². The van der Waals surface area contributed by atoms with Gasteiger partial charge in [-0.3, -0.25) is 0 Å². The van der Waals surface area contributed by atoms with Gasteiger partial charge in [-0.25, -0.2) is 0 Å². The van der Waals surface area contributed by atoms with Crippen molar-refractivity contribution in [2.24, 2.45) is 10.3 Å². The summed E-state index contributed by atoms with van der Waals surface area (Å²) in [7, 11) is 0. The Hall–Kier alpha value is -0.554. The van der Waals surface area contributed by atoms with Crippen LogP contribution in [-0.2, 0) is 16.8 Å². The molecule has 0 unspecified atom stereocenters. The van der Waals surface area contributed by atoms with E-state index in [1.165, 1.54) is 0 Å². The molecule has 0 aromatic heterocycles. The molecule has 43 valence electrons. The van der Waals surface area contributed by atoms with Gasteiger partial charge in [0.2, 0.25) is 0 Å². The number of nitrogens with zero attached hydrogens (tertiary/aromatic N) is 2. The standard InChI is InChI=1S/C2H4N2O2.Co/c5-3-1-2-4-6;/h1-2,5-6H;/b3-1+,4-2+;. The van der Waals surface area contributed by atoms with Crippen LogP contribution in [0.2, 0.25) is 0 Å².